The van der Waals surface area contributed by atoms with Crippen molar-refractivity contribution >= 4 is 54.4 Å². The van der Waals surface area contributed by atoms with Crippen molar-refractivity contribution in [3.63, 3.8) is 0 Å². The highest BCUT2D eigenvalue weighted by atomic mass is 15.0. The number of para-hydroxylation sites is 3. The predicted octanol–water partition coefficient (Wildman–Crippen LogP) is 12.8. The molecule has 0 N–H and O–H groups in total. The summed E-state index contributed by atoms with van der Waals surface area (Å²) >= 11 is 0. The van der Waals surface area contributed by atoms with Crippen molar-refractivity contribution in [2.75, 3.05) is 0 Å². The van der Waals surface area contributed by atoms with E-state index >= 15 is 0 Å². The van der Waals surface area contributed by atoms with Gasteiger partial charge >= 0.3 is 0 Å². The second-order valence-corrected chi connectivity index (χ2v) is 13.8. The molecule has 0 fully saturated rings. The lowest BCUT2D eigenvalue weighted by Gasteiger charge is -2.16. The Kier molecular flexibility index (Phi) is 6.82. The SMILES string of the molecule is c1ccc(-c2cc(-c3ccccc3)nc(-c3c4ccccc4cc4c5ccccc5n(-c5ccc(-n6c7ccccc7c7ccccc76)cc5)c34)n2)cc1. The van der Waals surface area contributed by atoms with Gasteiger partial charge in [0.15, 0.2) is 5.82 Å². The van der Waals surface area contributed by atoms with Crippen LogP contribution in [0.5, 0.6) is 0 Å². The lowest BCUT2D eigenvalue weighted by molar-refractivity contribution is 1.14. The smallest absolute Gasteiger partial charge is 0.163 e. The molecular formula is C50H32N4. The van der Waals surface area contributed by atoms with E-state index in [1.807, 2.05) is 12.1 Å². The van der Waals surface area contributed by atoms with Gasteiger partial charge in [0.1, 0.15) is 0 Å². The molecular weight excluding hydrogens is 657 g/mol. The third-order valence-electron chi connectivity index (χ3n) is 10.7. The van der Waals surface area contributed by atoms with Crippen molar-refractivity contribution in [2.24, 2.45) is 0 Å². The van der Waals surface area contributed by atoms with Crippen molar-refractivity contribution in [1.29, 1.82) is 0 Å². The van der Waals surface area contributed by atoms with Crippen LogP contribution in [-0.2, 0) is 0 Å². The maximum atomic E-state index is 5.38. The van der Waals surface area contributed by atoms with Gasteiger partial charge in [-0.2, -0.15) is 0 Å². The van der Waals surface area contributed by atoms with Crippen molar-refractivity contribution in [1.82, 2.24) is 19.1 Å². The minimum Gasteiger partial charge on any atom is -0.309 e. The Morgan fingerprint density at radius 1 is 0.333 bits per heavy atom. The summed E-state index contributed by atoms with van der Waals surface area (Å²) in [6, 6.07) is 68.9. The Balaban J connectivity index is 1.21. The Morgan fingerprint density at radius 2 is 0.759 bits per heavy atom. The van der Waals surface area contributed by atoms with Crippen LogP contribution < -0.4 is 0 Å². The Bertz CT molecular complexity index is 3080. The third-order valence-corrected chi connectivity index (χ3v) is 10.7. The summed E-state index contributed by atoms with van der Waals surface area (Å²) in [5.41, 5.74) is 11.7. The molecule has 0 aliphatic carbocycles. The molecule has 0 saturated heterocycles. The molecule has 0 radical (unpaired) electrons. The first kappa shape index (κ1) is 30.3. The van der Waals surface area contributed by atoms with Crippen LogP contribution in [-0.4, -0.2) is 19.1 Å². The Labute approximate surface area is 311 Å². The maximum Gasteiger partial charge on any atom is 0.163 e. The van der Waals surface area contributed by atoms with Gasteiger partial charge < -0.3 is 9.13 Å². The highest BCUT2D eigenvalue weighted by Crippen LogP contribution is 2.43. The average Bonchev–Trinajstić information content (AvgIpc) is 3.76. The van der Waals surface area contributed by atoms with Gasteiger partial charge in [-0.15, -0.1) is 0 Å². The van der Waals surface area contributed by atoms with Crippen LogP contribution in [0.2, 0.25) is 0 Å². The standard InChI is InChI=1S/C50H32N4/c1-3-15-33(16-4-1)43-32-44(34-17-5-2-6-18-34)52-50(51-43)48-38-20-8-7-19-35(38)31-42-41-23-11-14-26-47(41)54(49(42)48)37-29-27-36(28-30-37)53-45-24-12-9-21-39(45)40-22-10-13-25-46(40)53/h1-32H. The normalized spacial score (nSPS) is 11.7. The zero-order valence-electron chi connectivity index (χ0n) is 29.3. The number of aromatic nitrogens is 4. The Morgan fingerprint density at radius 3 is 1.31 bits per heavy atom. The van der Waals surface area contributed by atoms with Crippen LogP contribution in [0, 0.1) is 0 Å². The molecule has 4 heteroatoms. The largest absolute Gasteiger partial charge is 0.309 e. The summed E-state index contributed by atoms with van der Waals surface area (Å²) in [4.78, 5) is 10.8. The highest BCUT2D eigenvalue weighted by Gasteiger charge is 2.22. The number of rotatable bonds is 5. The second kappa shape index (κ2) is 12.1. The fraction of sp³-hybridized carbons (Fsp3) is 0. The van der Waals surface area contributed by atoms with Gasteiger partial charge in [0.2, 0.25) is 0 Å². The molecule has 11 aromatic rings. The van der Waals surface area contributed by atoms with Crippen molar-refractivity contribution in [3.8, 4) is 45.3 Å². The average molecular weight is 689 g/mol. The topological polar surface area (TPSA) is 35.6 Å². The van der Waals surface area contributed by atoms with Gasteiger partial charge in [0, 0.05) is 44.0 Å². The van der Waals surface area contributed by atoms with Gasteiger partial charge in [-0.3, -0.25) is 0 Å². The number of hydrogen-bond acceptors (Lipinski definition) is 2. The molecule has 0 spiro atoms. The van der Waals surface area contributed by atoms with Crippen LogP contribution in [0.15, 0.2) is 194 Å². The summed E-state index contributed by atoms with van der Waals surface area (Å²) in [7, 11) is 0. The molecule has 3 heterocycles. The summed E-state index contributed by atoms with van der Waals surface area (Å²) in [6.45, 7) is 0. The molecule has 0 aliphatic heterocycles. The lowest BCUT2D eigenvalue weighted by atomic mass is 9.98. The summed E-state index contributed by atoms with van der Waals surface area (Å²) < 4.78 is 4.77. The van der Waals surface area contributed by atoms with E-state index in [2.05, 4.69) is 191 Å². The zero-order valence-corrected chi connectivity index (χ0v) is 29.3. The number of fused-ring (bicyclic) bond motifs is 7. The van der Waals surface area contributed by atoms with Crippen LogP contribution in [0.25, 0.3) is 99.7 Å². The summed E-state index contributed by atoms with van der Waals surface area (Å²) in [5, 5.41) is 7.13. The molecule has 4 nitrogen and oxygen atoms in total. The maximum absolute atomic E-state index is 5.38. The zero-order chi connectivity index (χ0) is 35.6. The predicted molar refractivity (Wildman–Crippen MR) is 225 cm³/mol. The van der Waals surface area contributed by atoms with Crippen LogP contribution in [0.1, 0.15) is 0 Å². The van der Waals surface area contributed by atoms with E-state index < -0.39 is 0 Å². The van der Waals surface area contributed by atoms with Gasteiger partial charge in [-0.05, 0) is 65.4 Å². The molecule has 0 amide bonds. The first-order valence-electron chi connectivity index (χ1n) is 18.3. The first-order chi connectivity index (χ1) is 26.8. The highest BCUT2D eigenvalue weighted by molar-refractivity contribution is 6.20. The van der Waals surface area contributed by atoms with Gasteiger partial charge in [-0.1, -0.05) is 140 Å². The monoisotopic (exact) mass is 688 g/mol. The van der Waals surface area contributed by atoms with Crippen molar-refractivity contribution < 1.29 is 0 Å². The Hall–Kier alpha value is -7.30. The van der Waals surface area contributed by atoms with E-state index in [4.69, 9.17) is 9.97 Å². The van der Waals surface area contributed by atoms with Crippen molar-refractivity contribution in [2.45, 2.75) is 0 Å². The third kappa shape index (κ3) is 4.70. The quantitative estimate of drug-likeness (QED) is 0.180. The molecule has 11 rings (SSSR count). The van der Waals surface area contributed by atoms with Crippen LogP contribution in [0.3, 0.4) is 0 Å². The molecule has 0 atom stereocenters. The minimum atomic E-state index is 0.697. The number of benzene rings is 8. The molecule has 0 unspecified atom stereocenters. The molecule has 54 heavy (non-hydrogen) atoms. The molecule has 0 saturated carbocycles. The molecule has 3 aromatic heterocycles. The molecule has 252 valence electrons. The fourth-order valence-electron chi connectivity index (χ4n) is 8.31. The summed E-state index contributed by atoms with van der Waals surface area (Å²) in [5.74, 6) is 0.697. The molecule has 8 aromatic carbocycles. The molecule has 0 bridgehead atoms. The first-order valence-corrected chi connectivity index (χ1v) is 18.3. The minimum absolute atomic E-state index is 0.697. The van der Waals surface area contributed by atoms with Crippen LogP contribution >= 0.6 is 0 Å². The van der Waals surface area contributed by atoms with Gasteiger partial charge in [0.25, 0.3) is 0 Å². The van der Waals surface area contributed by atoms with E-state index in [1.165, 1.54) is 32.6 Å². The number of nitrogens with zero attached hydrogens (tertiary/aromatic N) is 4. The molecule has 0 aliphatic rings. The van der Waals surface area contributed by atoms with E-state index in [0.717, 1.165) is 61.3 Å². The van der Waals surface area contributed by atoms with E-state index in [1.54, 1.807) is 0 Å². The summed E-state index contributed by atoms with van der Waals surface area (Å²) in [6.07, 6.45) is 0. The van der Waals surface area contributed by atoms with E-state index in [-0.39, 0.29) is 0 Å². The fourth-order valence-corrected chi connectivity index (χ4v) is 8.31. The van der Waals surface area contributed by atoms with E-state index in [0.29, 0.717) is 5.82 Å². The number of hydrogen-bond donors (Lipinski definition) is 0. The van der Waals surface area contributed by atoms with Crippen LogP contribution in [0.4, 0.5) is 0 Å². The lowest BCUT2D eigenvalue weighted by Crippen LogP contribution is -2.01. The van der Waals surface area contributed by atoms with Gasteiger partial charge in [0.05, 0.1) is 39.0 Å². The second-order valence-electron chi connectivity index (χ2n) is 13.8. The van der Waals surface area contributed by atoms with E-state index in [9.17, 15) is 0 Å². The van der Waals surface area contributed by atoms with Gasteiger partial charge in [-0.25, -0.2) is 9.97 Å². The van der Waals surface area contributed by atoms with Crippen molar-refractivity contribution in [3.05, 3.63) is 194 Å².